The van der Waals surface area contributed by atoms with Crippen molar-refractivity contribution in [1.82, 2.24) is 19.7 Å². The normalized spacial score (nSPS) is 25.0. The average Bonchev–Trinajstić information content (AvgIpc) is 3.27. The van der Waals surface area contributed by atoms with E-state index in [4.69, 9.17) is 14.8 Å². The lowest BCUT2D eigenvalue weighted by molar-refractivity contribution is 0.0229. The molecule has 1 aliphatic carbocycles. The summed E-state index contributed by atoms with van der Waals surface area (Å²) in [5.41, 5.74) is 2.06. The summed E-state index contributed by atoms with van der Waals surface area (Å²) in [4.78, 5) is 11.8. The van der Waals surface area contributed by atoms with E-state index in [0.717, 1.165) is 67.7 Å². The second-order valence-corrected chi connectivity index (χ2v) is 8.71. The fourth-order valence-electron chi connectivity index (χ4n) is 4.74. The first kappa shape index (κ1) is 19.6. The molecule has 28 heavy (non-hydrogen) atoms. The lowest BCUT2D eigenvalue weighted by Crippen LogP contribution is -2.49. The molecule has 1 saturated carbocycles. The van der Waals surface area contributed by atoms with Crippen LogP contribution in [0.15, 0.2) is 6.33 Å². The number of aryl methyl sites for hydroxylation is 1. The minimum absolute atomic E-state index is 0.180. The van der Waals surface area contributed by atoms with E-state index >= 15 is 0 Å². The minimum atomic E-state index is 0.180. The van der Waals surface area contributed by atoms with Gasteiger partial charge < -0.3 is 14.7 Å². The maximum Gasteiger partial charge on any atom is 0.163 e. The molecule has 0 radical (unpaired) electrons. The molecule has 3 atom stereocenters. The van der Waals surface area contributed by atoms with Gasteiger partial charge >= 0.3 is 0 Å². The zero-order chi connectivity index (χ0) is 19.7. The highest BCUT2D eigenvalue weighted by atomic mass is 16.5. The van der Waals surface area contributed by atoms with Crippen LogP contribution in [0.4, 0.5) is 5.82 Å². The Kier molecular flexibility index (Phi) is 5.83. The summed E-state index contributed by atoms with van der Waals surface area (Å²) < 4.78 is 8.11. The topological polar surface area (TPSA) is 76.3 Å². The molecule has 0 amide bonds. The van der Waals surface area contributed by atoms with E-state index in [1.54, 1.807) is 6.33 Å². The first-order valence-electron chi connectivity index (χ1n) is 10.8. The lowest BCUT2D eigenvalue weighted by Gasteiger charge is -2.38. The highest BCUT2D eigenvalue weighted by Gasteiger charge is 2.42. The molecule has 2 aromatic rings. The van der Waals surface area contributed by atoms with E-state index in [1.165, 1.54) is 0 Å². The van der Waals surface area contributed by atoms with Crippen molar-refractivity contribution >= 4 is 16.9 Å². The van der Waals surface area contributed by atoms with Gasteiger partial charge in [-0.1, -0.05) is 27.2 Å². The van der Waals surface area contributed by atoms with Crippen LogP contribution in [0.1, 0.15) is 52.1 Å². The third-order valence-corrected chi connectivity index (χ3v) is 6.07. The summed E-state index contributed by atoms with van der Waals surface area (Å²) in [5, 5.41) is 15.7. The van der Waals surface area contributed by atoms with Crippen molar-refractivity contribution < 1.29 is 9.84 Å². The van der Waals surface area contributed by atoms with Crippen molar-refractivity contribution in [1.29, 1.82) is 0 Å². The summed E-state index contributed by atoms with van der Waals surface area (Å²) in [5.74, 6) is 1.84. The van der Waals surface area contributed by atoms with Crippen LogP contribution in [0.5, 0.6) is 0 Å². The Hall–Kier alpha value is -1.73. The number of ether oxygens (including phenoxy) is 1. The Morgan fingerprint density at radius 1 is 1.29 bits per heavy atom. The molecule has 7 nitrogen and oxygen atoms in total. The van der Waals surface area contributed by atoms with E-state index < -0.39 is 0 Å². The number of rotatable bonds is 7. The summed E-state index contributed by atoms with van der Waals surface area (Å²) in [6.07, 6.45) is 6.90. The third-order valence-electron chi connectivity index (χ3n) is 6.07. The maximum absolute atomic E-state index is 9.66. The molecule has 2 aromatic heterocycles. The number of morpholine rings is 1. The van der Waals surface area contributed by atoms with Crippen LogP contribution in [-0.4, -0.2) is 56.8 Å². The van der Waals surface area contributed by atoms with E-state index in [1.807, 2.05) is 0 Å². The number of hydrogen-bond donors (Lipinski definition) is 1. The Labute approximate surface area is 167 Å². The van der Waals surface area contributed by atoms with Gasteiger partial charge in [-0.25, -0.2) is 14.6 Å². The number of unbranched alkanes of at least 4 members (excludes halogenated alkanes) is 1. The van der Waals surface area contributed by atoms with Gasteiger partial charge in [-0.2, -0.15) is 5.10 Å². The second-order valence-electron chi connectivity index (χ2n) is 8.71. The molecule has 7 heteroatoms. The predicted octanol–water partition coefficient (Wildman–Crippen LogP) is 2.80. The number of aromatic nitrogens is 4. The van der Waals surface area contributed by atoms with Crippen LogP contribution in [0.2, 0.25) is 0 Å². The highest BCUT2D eigenvalue weighted by molar-refractivity contribution is 5.90. The van der Waals surface area contributed by atoms with Crippen LogP contribution < -0.4 is 4.90 Å². The molecular weight excluding hydrogens is 354 g/mol. The van der Waals surface area contributed by atoms with Crippen LogP contribution in [0, 0.1) is 11.8 Å². The van der Waals surface area contributed by atoms with Gasteiger partial charge in [0.05, 0.1) is 29.8 Å². The van der Waals surface area contributed by atoms with Gasteiger partial charge in [0.15, 0.2) is 5.65 Å². The standard InChI is InChI=1S/C21H33N5O2/c1-4-5-6-26-21-19(16(24-26)9-14(2)3)20(22-13-23-21)25-7-8-28-18-11-15(12-27)10-17(18)25/h13-15,17-18,27H,4-12H2,1-3H3/t15-,17+,18?/m1/s1. The molecule has 1 unspecified atom stereocenters. The zero-order valence-electron chi connectivity index (χ0n) is 17.3. The van der Waals surface area contributed by atoms with E-state index in [9.17, 15) is 5.11 Å². The smallest absolute Gasteiger partial charge is 0.163 e. The van der Waals surface area contributed by atoms with Crippen LogP contribution in [0.3, 0.4) is 0 Å². The van der Waals surface area contributed by atoms with Crippen molar-refractivity contribution in [2.24, 2.45) is 11.8 Å². The molecule has 2 aliphatic rings. The van der Waals surface area contributed by atoms with Crippen LogP contribution in [-0.2, 0) is 17.7 Å². The molecule has 1 aliphatic heterocycles. The van der Waals surface area contributed by atoms with Crippen molar-refractivity contribution in [3.8, 4) is 0 Å². The SMILES string of the molecule is CCCCn1nc(CC(C)C)c2c(N3CCOC4C[C@H](CO)C[C@@H]43)ncnc21. The summed E-state index contributed by atoms with van der Waals surface area (Å²) in [7, 11) is 0. The van der Waals surface area contributed by atoms with Crippen LogP contribution in [0.25, 0.3) is 11.0 Å². The van der Waals surface area contributed by atoms with Crippen molar-refractivity contribution in [3.05, 3.63) is 12.0 Å². The van der Waals surface area contributed by atoms with Gasteiger partial charge in [0.1, 0.15) is 12.1 Å². The Balaban J connectivity index is 1.76. The first-order chi connectivity index (χ1) is 13.6. The van der Waals surface area contributed by atoms with E-state index in [0.29, 0.717) is 18.4 Å². The number of fused-ring (bicyclic) bond motifs is 2. The van der Waals surface area contributed by atoms with Gasteiger partial charge in [-0.15, -0.1) is 0 Å². The molecule has 3 heterocycles. The largest absolute Gasteiger partial charge is 0.396 e. The summed E-state index contributed by atoms with van der Waals surface area (Å²) in [6, 6.07) is 0.273. The number of aliphatic hydroxyl groups excluding tert-OH is 1. The van der Waals surface area contributed by atoms with Crippen molar-refractivity contribution in [2.45, 2.75) is 71.6 Å². The number of hydrogen-bond acceptors (Lipinski definition) is 6. The molecule has 4 rings (SSSR count). The predicted molar refractivity (Wildman–Crippen MR) is 109 cm³/mol. The molecule has 2 fully saturated rings. The minimum Gasteiger partial charge on any atom is -0.396 e. The Morgan fingerprint density at radius 3 is 2.89 bits per heavy atom. The van der Waals surface area contributed by atoms with E-state index in [2.05, 4.69) is 35.3 Å². The van der Waals surface area contributed by atoms with Crippen molar-refractivity contribution in [3.63, 3.8) is 0 Å². The Morgan fingerprint density at radius 2 is 2.14 bits per heavy atom. The molecule has 0 spiro atoms. The average molecular weight is 388 g/mol. The molecule has 1 saturated heterocycles. The lowest BCUT2D eigenvalue weighted by atomic mass is 10.0. The fourth-order valence-corrected chi connectivity index (χ4v) is 4.74. The molecule has 154 valence electrons. The summed E-state index contributed by atoms with van der Waals surface area (Å²) in [6.45, 7) is 9.32. The quantitative estimate of drug-likeness (QED) is 0.787. The first-order valence-corrected chi connectivity index (χ1v) is 10.8. The zero-order valence-corrected chi connectivity index (χ0v) is 17.3. The molecular formula is C21H33N5O2. The van der Waals surface area contributed by atoms with Crippen molar-refractivity contribution in [2.75, 3.05) is 24.7 Å². The molecule has 0 aromatic carbocycles. The highest BCUT2D eigenvalue weighted by Crippen LogP contribution is 2.38. The second kappa shape index (κ2) is 8.33. The Bertz CT molecular complexity index is 805. The maximum atomic E-state index is 9.66. The van der Waals surface area contributed by atoms with Gasteiger partial charge in [-0.3, -0.25) is 0 Å². The molecule has 1 N–H and O–H groups in total. The number of nitrogens with zero attached hydrogens (tertiary/aromatic N) is 5. The van der Waals surface area contributed by atoms with Gasteiger partial charge in [0.25, 0.3) is 0 Å². The molecule has 0 bridgehead atoms. The third kappa shape index (κ3) is 3.62. The fraction of sp³-hybridized carbons (Fsp3) is 0.762. The number of anilines is 1. The monoisotopic (exact) mass is 387 g/mol. The van der Waals surface area contributed by atoms with E-state index in [-0.39, 0.29) is 18.8 Å². The summed E-state index contributed by atoms with van der Waals surface area (Å²) >= 11 is 0. The van der Waals surface area contributed by atoms with Crippen LogP contribution >= 0.6 is 0 Å². The van der Waals surface area contributed by atoms with Gasteiger partial charge in [-0.05, 0) is 37.5 Å². The van der Waals surface area contributed by atoms with Gasteiger partial charge in [0.2, 0.25) is 0 Å². The number of aliphatic hydroxyl groups is 1. The van der Waals surface area contributed by atoms with Gasteiger partial charge in [0, 0.05) is 19.7 Å².